The van der Waals surface area contributed by atoms with Gasteiger partial charge in [-0.3, -0.25) is 4.98 Å². The number of nitrogens with one attached hydrogen (secondary N) is 1. The van der Waals surface area contributed by atoms with E-state index in [2.05, 4.69) is 42.0 Å². The molecule has 2 rings (SSSR count). The maximum Gasteiger partial charge on any atom is 0.0762 e. The molecule has 1 aromatic heterocycles. The molecule has 0 bridgehead atoms. The second-order valence-corrected chi connectivity index (χ2v) is 6.20. The molecule has 0 aliphatic carbocycles. The van der Waals surface area contributed by atoms with Crippen molar-refractivity contribution >= 4 is 5.69 Å². The fraction of sp³-hybridized carbons (Fsp3) is 0.667. The minimum Gasteiger partial charge on any atom is -0.380 e. The minimum absolute atomic E-state index is 0.126. The summed E-state index contributed by atoms with van der Waals surface area (Å²) in [5.41, 5.74) is 2.67. The van der Waals surface area contributed by atoms with E-state index in [1.807, 2.05) is 12.4 Å². The molecule has 1 N–H and O–H groups in total. The Bertz CT molecular complexity index is 414. The van der Waals surface area contributed by atoms with Crippen molar-refractivity contribution in [1.82, 2.24) is 10.3 Å². The fourth-order valence-corrected chi connectivity index (χ4v) is 2.35. The van der Waals surface area contributed by atoms with Crippen molar-refractivity contribution < 1.29 is 4.74 Å². The first-order chi connectivity index (χ1) is 8.99. The van der Waals surface area contributed by atoms with E-state index in [1.165, 1.54) is 11.3 Å². The van der Waals surface area contributed by atoms with Crippen molar-refractivity contribution in [3.63, 3.8) is 0 Å². The normalized spacial score (nSPS) is 20.0. The third-order valence-corrected chi connectivity index (χ3v) is 3.52. The minimum atomic E-state index is 0.126. The van der Waals surface area contributed by atoms with Crippen LogP contribution in [0.3, 0.4) is 0 Å². The fourth-order valence-electron chi connectivity index (χ4n) is 2.35. The molecule has 0 amide bonds. The molecule has 106 valence electrons. The number of aromatic nitrogens is 1. The molecule has 0 saturated carbocycles. The Labute approximate surface area is 116 Å². The lowest BCUT2D eigenvalue weighted by Gasteiger charge is -2.25. The van der Waals surface area contributed by atoms with Gasteiger partial charge in [0.2, 0.25) is 0 Å². The smallest absolute Gasteiger partial charge is 0.0762 e. The molecule has 1 fully saturated rings. The molecular formula is C15H25N3O. The number of rotatable bonds is 4. The molecule has 1 aliphatic rings. The number of methoxy groups -OCH3 is 1. The van der Waals surface area contributed by atoms with Gasteiger partial charge in [0.05, 0.1) is 18.0 Å². The van der Waals surface area contributed by atoms with Crippen molar-refractivity contribution in [3.05, 3.63) is 24.0 Å². The molecule has 4 heteroatoms. The summed E-state index contributed by atoms with van der Waals surface area (Å²) in [6.45, 7) is 9.44. The Morgan fingerprint density at radius 3 is 2.89 bits per heavy atom. The van der Waals surface area contributed by atoms with E-state index in [-0.39, 0.29) is 5.54 Å². The van der Waals surface area contributed by atoms with Crippen LogP contribution < -0.4 is 10.2 Å². The zero-order valence-electron chi connectivity index (χ0n) is 12.4. The molecule has 0 aromatic carbocycles. The molecule has 0 spiro atoms. The third kappa shape index (κ3) is 3.91. The van der Waals surface area contributed by atoms with Crippen LogP contribution in [0.2, 0.25) is 0 Å². The van der Waals surface area contributed by atoms with Gasteiger partial charge in [-0.25, -0.2) is 0 Å². The van der Waals surface area contributed by atoms with Gasteiger partial charge in [-0.2, -0.15) is 0 Å². The summed E-state index contributed by atoms with van der Waals surface area (Å²) in [4.78, 5) is 6.65. The van der Waals surface area contributed by atoms with E-state index in [4.69, 9.17) is 4.74 Å². The number of ether oxygens (including phenoxy) is 1. The Hall–Kier alpha value is -1.13. The van der Waals surface area contributed by atoms with Crippen molar-refractivity contribution in [2.24, 2.45) is 0 Å². The first kappa shape index (κ1) is 14.3. The molecule has 0 radical (unpaired) electrons. The van der Waals surface area contributed by atoms with E-state index in [0.29, 0.717) is 6.10 Å². The highest BCUT2D eigenvalue weighted by Gasteiger charge is 2.24. The Morgan fingerprint density at radius 1 is 1.47 bits per heavy atom. The molecule has 2 heterocycles. The van der Waals surface area contributed by atoms with Crippen LogP contribution in [0.15, 0.2) is 18.5 Å². The standard InChI is InChI=1S/C15H25N3O/c1-15(2,3)17-9-12-5-7-16-10-14(12)18-8-6-13(11-18)19-4/h5,7,10,13,17H,6,8-9,11H2,1-4H3. The van der Waals surface area contributed by atoms with Crippen LogP contribution in [-0.2, 0) is 11.3 Å². The van der Waals surface area contributed by atoms with Crippen LogP contribution in [0.1, 0.15) is 32.8 Å². The van der Waals surface area contributed by atoms with Gasteiger partial charge in [-0.15, -0.1) is 0 Å². The van der Waals surface area contributed by atoms with Crippen LogP contribution in [0, 0.1) is 0 Å². The highest BCUT2D eigenvalue weighted by atomic mass is 16.5. The number of pyridine rings is 1. The van der Waals surface area contributed by atoms with E-state index >= 15 is 0 Å². The second kappa shape index (κ2) is 5.88. The van der Waals surface area contributed by atoms with Gasteiger partial charge >= 0.3 is 0 Å². The topological polar surface area (TPSA) is 37.4 Å². The van der Waals surface area contributed by atoms with E-state index in [0.717, 1.165) is 26.1 Å². The van der Waals surface area contributed by atoms with E-state index in [1.54, 1.807) is 7.11 Å². The molecule has 1 atom stereocenters. The first-order valence-electron chi connectivity index (χ1n) is 6.95. The van der Waals surface area contributed by atoms with Gasteiger partial charge in [0.1, 0.15) is 0 Å². The number of hydrogen-bond acceptors (Lipinski definition) is 4. The Balaban J connectivity index is 2.08. The quantitative estimate of drug-likeness (QED) is 0.903. The molecule has 4 nitrogen and oxygen atoms in total. The summed E-state index contributed by atoms with van der Waals surface area (Å²) in [5.74, 6) is 0. The van der Waals surface area contributed by atoms with Crippen LogP contribution in [0.5, 0.6) is 0 Å². The SMILES string of the molecule is COC1CCN(c2cnccc2CNC(C)(C)C)C1. The summed E-state index contributed by atoms with van der Waals surface area (Å²) < 4.78 is 5.44. The lowest BCUT2D eigenvalue weighted by Crippen LogP contribution is -2.35. The summed E-state index contributed by atoms with van der Waals surface area (Å²) in [6, 6.07) is 2.11. The number of hydrogen-bond donors (Lipinski definition) is 1. The lowest BCUT2D eigenvalue weighted by atomic mass is 10.1. The number of nitrogens with zero attached hydrogens (tertiary/aromatic N) is 2. The molecule has 1 unspecified atom stereocenters. The van der Waals surface area contributed by atoms with Crippen molar-refractivity contribution in [3.8, 4) is 0 Å². The summed E-state index contributed by atoms with van der Waals surface area (Å²) >= 11 is 0. The van der Waals surface area contributed by atoms with Crippen LogP contribution in [-0.4, -0.2) is 36.8 Å². The second-order valence-electron chi connectivity index (χ2n) is 6.20. The van der Waals surface area contributed by atoms with Gasteiger partial charge in [-0.1, -0.05) is 0 Å². The third-order valence-electron chi connectivity index (χ3n) is 3.52. The van der Waals surface area contributed by atoms with Crippen LogP contribution in [0.25, 0.3) is 0 Å². The first-order valence-corrected chi connectivity index (χ1v) is 6.95. The average molecular weight is 263 g/mol. The average Bonchev–Trinajstić information content (AvgIpc) is 2.84. The van der Waals surface area contributed by atoms with Crippen LogP contribution in [0.4, 0.5) is 5.69 Å². The molecule has 19 heavy (non-hydrogen) atoms. The van der Waals surface area contributed by atoms with E-state index in [9.17, 15) is 0 Å². The van der Waals surface area contributed by atoms with E-state index < -0.39 is 0 Å². The Morgan fingerprint density at radius 2 is 2.26 bits per heavy atom. The molecular weight excluding hydrogens is 238 g/mol. The van der Waals surface area contributed by atoms with Gasteiger partial charge in [0.15, 0.2) is 0 Å². The molecule has 1 aromatic rings. The number of anilines is 1. The lowest BCUT2D eigenvalue weighted by molar-refractivity contribution is 0.121. The van der Waals surface area contributed by atoms with Crippen molar-refractivity contribution in [1.29, 1.82) is 0 Å². The van der Waals surface area contributed by atoms with Crippen LogP contribution >= 0.6 is 0 Å². The summed E-state index contributed by atoms with van der Waals surface area (Å²) in [6.07, 6.45) is 5.28. The van der Waals surface area contributed by atoms with Gasteiger partial charge < -0.3 is 15.0 Å². The maximum atomic E-state index is 5.44. The predicted molar refractivity (Wildman–Crippen MR) is 78.5 cm³/mol. The predicted octanol–water partition coefficient (Wildman–Crippen LogP) is 2.19. The van der Waals surface area contributed by atoms with Gasteiger partial charge in [0, 0.05) is 38.5 Å². The maximum absolute atomic E-state index is 5.44. The largest absolute Gasteiger partial charge is 0.380 e. The van der Waals surface area contributed by atoms with Gasteiger partial charge in [-0.05, 0) is 38.8 Å². The summed E-state index contributed by atoms with van der Waals surface area (Å²) in [7, 11) is 1.79. The highest BCUT2D eigenvalue weighted by molar-refractivity contribution is 5.52. The zero-order chi connectivity index (χ0) is 13.9. The van der Waals surface area contributed by atoms with Crippen molar-refractivity contribution in [2.75, 3.05) is 25.1 Å². The highest BCUT2D eigenvalue weighted by Crippen LogP contribution is 2.25. The van der Waals surface area contributed by atoms with Crippen molar-refractivity contribution in [2.45, 2.75) is 45.4 Å². The monoisotopic (exact) mass is 263 g/mol. The van der Waals surface area contributed by atoms with Gasteiger partial charge in [0.25, 0.3) is 0 Å². The molecule has 1 aliphatic heterocycles. The summed E-state index contributed by atoms with van der Waals surface area (Å²) in [5, 5.41) is 3.54. The molecule has 1 saturated heterocycles. The Kier molecular flexibility index (Phi) is 4.42. The zero-order valence-corrected chi connectivity index (χ0v) is 12.4.